The number of rotatable bonds is 5. The van der Waals surface area contributed by atoms with Crippen molar-refractivity contribution in [3.63, 3.8) is 0 Å². The summed E-state index contributed by atoms with van der Waals surface area (Å²) in [7, 11) is 0. The van der Waals surface area contributed by atoms with Gasteiger partial charge >= 0.3 is 6.03 Å². The second-order valence-electron chi connectivity index (χ2n) is 6.35. The minimum absolute atomic E-state index is 0.229. The predicted molar refractivity (Wildman–Crippen MR) is 99.6 cm³/mol. The summed E-state index contributed by atoms with van der Waals surface area (Å²) in [6.07, 6.45) is 4.47. The van der Waals surface area contributed by atoms with Crippen molar-refractivity contribution in [3.8, 4) is 0 Å². The first-order valence-electron chi connectivity index (χ1n) is 8.85. The van der Waals surface area contributed by atoms with E-state index in [0.717, 1.165) is 24.3 Å². The molecule has 1 heterocycles. The first kappa shape index (κ1) is 17.3. The maximum Gasteiger partial charge on any atom is 0.319 e. The van der Waals surface area contributed by atoms with Crippen molar-refractivity contribution >= 4 is 17.4 Å². The Labute approximate surface area is 148 Å². The topological polar surface area (TPSA) is 44.4 Å². The van der Waals surface area contributed by atoms with E-state index >= 15 is 0 Å². The van der Waals surface area contributed by atoms with Crippen LogP contribution >= 0.6 is 0 Å². The number of nitrogens with one attached hydrogen (secondary N) is 2. The first-order valence-corrected chi connectivity index (χ1v) is 8.85. The van der Waals surface area contributed by atoms with Crippen LogP contribution in [0.4, 0.5) is 20.6 Å². The zero-order chi connectivity index (χ0) is 17.5. The average molecular weight is 341 g/mol. The fourth-order valence-electron chi connectivity index (χ4n) is 3.05. The maximum atomic E-state index is 12.8. The number of amides is 2. The van der Waals surface area contributed by atoms with E-state index in [1.165, 1.54) is 37.1 Å². The quantitative estimate of drug-likeness (QED) is 0.857. The van der Waals surface area contributed by atoms with Gasteiger partial charge in [0, 0.05) is 31.0 Å². The van der Waals surface area contributed by atoms with Gasteiger partial charge in [0.2, 0.25) is 0 Å². The van der Waals surface area contributed by atoms with Gasteiger partial charge in [0.25, 0.3) is 0 Å². The zero-order valence-corrected chi connectivity index (χ0v) is 14.3. The molecule has 2 N–H and O–H groups in total. The molecule has 0 atom stereocenters. The molecule has 0 saturated carbocycles. The first-order chi connectivity index (χ1) is 12.2. The van der Waals surface area contributed by atoms with Crippen molar-refractivity contribution in [2.45, 2.75) is 25.7 Å². The second kappa shape index (κ2) is 8.51. The number of anilines is 2. The number of hydrogen-bond acceptors (Lipinski definition) is 2. The van der Waals surface area contributed by atoms with Gasteiger partial charge in [0.05, 0.1) is 0 Å². The highest BCUT2D eigenvalue weighted by Crippen LogP contribution is 2.21. The molecular weight excluding hydrogens is 317 g/mol. The van der Waals surface area contributed by atoms with Gasteiger partial charge in [-0.25, -0.2) is 9.18 Å². The third-order valence-electron chi connectivity index (χ3n) is 4.46. The fourth-order valence-corrected chi connectivity index (χ4v) is 3.05. The molecule has 0 spiro atoms. The molecule has 2 aromatic rings. The third-order valence-corrected chi connectivity index (χ3v) is 4.46. The molecule has 2 aromatic carbocycles. The zero-order valence-electron chi connectivity index (χ0n) is 14.3. The molecule has 4 nitrogen and oxygen atoms in total. The molecular formula is C20H24FN3O. The van der Waals surface area contributed by atoms with E-state index in [1.807, 2.05) is 12.1 Å². The smallest absolute Gasteiger partial charge is 0.319 e. The lowest BCUT2D eigenvalue weighted by atomic mass is 10.1. The largest absolute Gasteiger partial charge is 0.372 e. The molecule has 1 fully saturated rings. The van der Waals surface area contributed by atoms with Gasteiger partial charge in [-0.1, -0.05) is 12.1 Å². The number of carbonyl (C=O) groups excluding carboxylic acids is 1. The number of benzene rings is 2. The van der Waals surface area contributed by atoms with Gasteiger partial charge < -0.3 is 15.5 Å². The van der Waals surface area contributed by atoms with Crippen LogP contribution in [0.5, 0.6) is 0 Å². The second-order valence-corrected chi connectivity index (χ2v) is 6.35. The van der Waals surface area contributed by atoms with E-state index < -0.39 is 0 Å². The maximum absolute atomic E-state index is 12.8. The van der Waals surface area contributed by atoms with Gasteiger partial charge in [-0.2, -0.15) is 0 Å². The van der Waals surface area contributed by atoms with Crippen LogP contribution in [-0.4, -0.2) is 25.7 Å². The molecule has 25 heavy (non-hydrogen) atoms. The Morgan fingerprint density at radius 2 is 1.64 bits per heavy atom. The molecule has 3 rings (SSSR count). The average Bonchev–Trinajstić information content (AvgIpc) is 2.65. The fraction of sp³-hybridized carbons (Fsp3) is 0.350. The summed E-state index contributed by atoms with van der Waals surface area (Å²) in [4.78, 5) is 14.3. The summed E-state index contributed by atoms with van der Waals surface area (Å²) in [5.41, 5.74) is 2.98. The summed E-state index contributed by atoms with van der Waals surface area (Å²) < 4.78 is 12.8. The van der Waals surface area contributed by atoms with Crippen LogP contribution in [-0.2, 0) is 6.42 Å². The molecule has 1 aliphatic heterocycles. The minimum Gasteiger partial charge on any atom is -0.372 e. The number of carbonyl (C=O) groups is 1. The lowest BCUT2D eigenvalue weighted by Gasteiger charge is -2.28. The van der Waals surface area contributed by atoms with Crippen LogP contribution < -0.4 is 15.5 Å². The highest BCUT2D eigenvalue weighted by atomic mass is 19.1. The molecule has 2 amide bonds. The number of hydrogen-bond donors (Lipinski definition) is 2. The van der Waals surface area contributed by atoms with Crippen LogP contribution in [0.1, 0.15) is 24.8 Å². The predicted octanol–water partition coefficient (Wildman–Crippen LogP) is 4.18. The van der Waals surface area contributed by atoms with Crippen LogP contribution in [0, 0.1) is 5.82 Å². The van der Waals surface area contributed by atoms with E-state index in [1.54, 1.807) is 12.1 Å². The monoisotopic (exact) mass is 341 g/mol. The minimum atomic E-state index is -0.248. The van der Waals surface area contributed by atoms with Crippen LogP contribution in [0.25, 0.3) is 0 Å². The van der Waals surface area contributed by atoms with E-state index in [9.17, 15) is 9.18 Å². The van der Waals surface area contributed by atoms with Crippen molar-refractivity contribution in [1.82, 2.24) is 5.32 Å². The molecule has 1 aliphatic rings. The van der Waals surface area contributed by atoms with Gasteiger partial charge in [-0.05, 0) is 67.6 Å². The van der Waals surface area contributed by atoms with Crippen LogP contribution in [0.3, 0.4) is 0 Å². The summed E-state index contributed by atoms with van der Waals surface area (Å²) in [5, 5.41) is 5.66. The summed E-state index contributed by atoms with van der Waals surface area (Å²) in [6.45, 7) is 2.72. The third kappa shape index (κ3) is 5.21. The highest BCUT2D eigenvalue weighted by Gasteiger charge is 2.10. The van der Waals surface area contributed by atoms with E-state index in [4.69, 9.17) is 0 Å². The van der Waals surface area contributed by atoms with Crippen LogP contribution in [0.2, 0.25) is 0 Å². The molecule has 0 aliphatic carbocycles. The van der Waals surface area contributed by atoms with Gasteiger partial charge in [0.1, 0.15) is 5.82 Å². The Hall–Kier alpha value is -2.56. The van der Waals surface area contributed by atoms with Gasteiger partial charge in [-0.15, -0.1) is 0 Å². The molecule has 5 heteroatoms. The van der Waals surface area contributed by atoms with Crippen molar-refractivity contribution in [2.75, 3.05) is 29.9 Å². The van der Waals surface area contributed by atoms with E-state index in [0.29, 0.717) is 13.0 Å². The Morgan fingerprint density at radius 1 is 0.960 bits per heavy atom. The number of piperidine rings is 1. The Kier molecular flexibility index (Phi) is 5.88. The normalized spacial score (nSPS) is 14.2. The highest BCUT2D eigenvalue weighted by molar-refractivity contribution is 5.89. The van der Waals surface area contributed by atoms with Gasteiger partial charge in [0.15, 0.2) is 0 Å². The number of urea groups is 1. The molecule has 0 unspecified atom stereocenters. The summed E-state index contributed by atoms with van der Waals surface area (Å²) in [5.74, 6) is -0.248. The lowest BCUT2D eigenvalue weighted by molar-refractivity contribution is 0.252. The van der Waals surface area contributed by atoms with Crippen molar-refractivity contribution in [2.24, 2.45) is 0 Å². The molecule has 0 aromatic heterocycles. The number of nitrogens with zero attached hydrogens (tertiary/aromatic N) is 1. The molecule has 132 valence electrons. The molecule has 0 radical (unpaired) electrons. The van der Waals surface area contributed by atoms with E-state index in [2.05, 4.69) is 27.7 Å². The van der Waals surface area contributed by atoms with Gasteiger partial charge in [-0.3, -0.25) is 0 Å². The van der Waals surface area contributed by atoms with E-state index in [-0.39, 0.29) is 11.8 Å². The standard InChI is InChI=1S/C20H24FN3O/c21-17-6-4-16(5-7-17)12-13-22-20(25)23-18-8-10-19(11-9-18)24-14-2-1-3-15-24/h4-11H,1-3,12-15H2,(H2,22,23,25). The molecule has 1 saturated heterocycles. The Balaban J connectivity index is 1.43. The SMILES string of the molecule is O=C(NCCc1ccc(F)cc1)Nc1ccc(N2CCCCC2)cc1. The lowest BCUT2D eigenvalue weighted by Crippen LogP contribution is -2.30. The summed E-state index contributed by atoms with van der Waals surface area (Å²) >= 11 is 0. The Bertz CT molecular complexity index is 679. The summed E-state index contributed by atoms with van der Waals surface area (Å²) in [6, 6.07) is 14.1. The van der Waals surface area contributed by atoms with Crippen molar-refractivity contribution < 1.29 is 9.18 Å². The number of halogens is 1. The van der Waals surface area contributed by atoms with Crippen molar-refractivity contribution in [3.05, 3.63) is 59.9 Å². The van der Waals surface area contributed by atoms with Crippen molar-refractivity contribution in [1.29, 1.82) is 0 Å². The molecule has 0 bridgehead atoms. The van der Waals surface area contributed by atoms with Crippen LogP contribution in [0.15, 0.2) is 48.5 Å². The Morgan fingerprint density at radius 3 is 2.32 bits per heavy atom.